The van der Waals surface area contributed by atoms with Gasteiger partial charge in [-0.05, 0) is 24.1 Å². The molecule has 0 radical (unpaired) electrons. The van der Waals surface area contributed by atoms with Gasteiger partial charge in [-0.25, -0.2) is 0 Å². The van der Waals surface area contributed by atoms with Crippen LogP contribution in [0.2, 0.25) is 0 Å². The van der Waals surface area contributed by atoms with Gasteiger partial charge in [0.2, 0.25) is 0 Å². The Hall–Kier alpha value is -0.640. The standard InChI is InChI=1S/C10H15N3.ClH/c11-10-3-6-13(8-10)7-9-1-4-12-5-2-9;/h1-2,4-5,10H,3,6-8,11H2;1H/t10-;/m1./s1. The second kappa shape index (κ2) is 5.29. The van der Waals surface area contributed by atoms with Gasteiger partial charge in [-0.1, -0.05) is 0 Å². The third kappa shape index (κ3) is 2.94. The molecule has 1 saturated heterocycles. The predicted molar refractivity (Wildman–Crippen MR) is 59.4 cm³/mol. The minimum atomic E-state index is 0. The van der Waals surface area contributed by atoms with E-state index < -0.39 is 0 Å². The van der Waals surface area contributed by atoms with E-state index in [0.29, 0.717) is 6.04 Å². The molecule has 0 unspecified atom stereocenters. The number of nitrogens with zero attached hydrogens (tertiary/aromatic N) is 2. The van der Waals surface area contributed by atoms with Crippen LogP contribution in [0, 0.1) is 0 Å². The molecule has 0 bridgehead atoms. The van der Waals surface area contributed by atoms with Gasteiger partial charge in [0.25, 0.3) is 0 Å². The van der Waals surface area contributed by atoms with Gasteiger partial charge in [0.05, 0.1) is 0 Å². The summed E-state index contributed by atoms with van der Waals surface area (Å²) in [6, 6.07) is 4.50. The number of hydrogen-bond donors (Lipinski definition) is 1. The zero-order chi connectivity index (χ0) is 9.10. The van der Waals surface area contributed by atoms with Gasteiger partial charge in [0.1, 0.15) is 0 Å². The van der Waals surface area contributed by atoms with Crippen molar-refractivity contribution >= 4 is 12.4 Å². The number of rotatable bonds is 2. The van der Waals surface area contributed by atoms with Gasteiger partial charge in [-0.2, -0.15) is 0 Å². The molecule has 4 heteroatoms. The Balaban J connectivity index is 0.000000980. The molecule has 1 aromatic rings. The van der Waals surface area contributed by atoms with Gasteiger partial charge in [-0.15, -0.1) is 12.4 Å². The predicted octanol–water partition coefficient (Wildman–Crippen LogP) is 1.04. The van der Waals surface area contributed by atoms with Gasteiger partial charge in [-0.3, -0.25) is 9.88 Å². The summed E-state index contributed by atoms with van der Waals surface area (Å²) in [4.78, 5) is 6.38. The fraction of sp³-hybridized carbons (Fsp3) is 0.500. The van der Waals surface area contributed by atoms with Crippen LogP contribution >= 0.6 is 12.4 Å². The number of nitrogens with two attached hydrogens (primary N) is 1. The molecule has 1 aliphatic heterocycles. The van der Waals surface area contributed by atoms with Crippen molar-refractivity contribution < 1.29 is 0 Å². The molecule has 0 saturated carbocycles. The van der Waals surface area contributed by atoms with Crippen LogP contribution in [0.25, 0.3) is 0 Å². The van der Waals surface area contributed by atoms with Crippen LogP contribution in [-0.2, 0) is 6.54 Å². The van der Waals surface area contributed by atoms with E-state index in [2.05, 4.69) is 22.0 Å². The largest absolute Gasteiger partial charge is 0.326 e. The van der Waals surface area contributed by atoms with E-state index in [1.807, 2.05) is 12.4 Å². The highest BCUT2D eigenvalue weighted by Crippen LogP contribution is 2.10. The Kier molecular flexibility index (Phi) is 4.32. The minimum Gasteiger partial charge on any atom is -0.326 e. The summed E-state index contributed by atoms with van der Waals surface area (Å²) in [7, 11) is 0. The first-order valence-corrected chi connectivity index (χ1v) is 4.71. The maximum Gasteiger partial charge on any atom is 0.0271 e. The molecule has 0 spiro atoms. The number of aromatic nitrogens is 1. The van der Waals surface area contributed by atoms with Gasteiger partial charge < -0.3 is 5.73 Å². The third-order valence-electron chi connectivity index (χ3n) is 2.46. The fourth-order valence-electron chi connectivity index (χ4n) is 1.75. The van der Waals surface area contributed by atoms with E-state index in [4.69, 9.17) is 5.73 Å². The SMILES string of the molecule is Cl.N[C@@H]1CCN(Cc2ccncc2)C1. The molecule has 0 amide bonds. The molecular weight excluding hydrogens is 198 g/mol. The lowest BCUT2D eigenvalue weighted by Crippen LogP contribution is -2.26. The van der Waals surface area contributed by atoms with Crippen molar-refractivity contribution in [2.75, 3.05) is 13.1 Å². The average molecular weight is 214 g/mol. The maximum atomic E-state index is 5.82. The zero-order valence-electron chi connectivity index (χ0n) is 8.10. The van der Waals surface area contributed by atoms with E-state index in [1.54, 1.807) is 0 Å². The van der Waals surface area contributed by atoms with E-state index >= 15 is 0 Å². The lowest BCUT2D eigenvalue weighted by molar-refractivity contribution is 0.327. The van der Waals surface area contributed by atoms with Crippen LogP contribution in [0.4, 0.5) is 0 Å². The molecule has 3 nitrogen and oxygen atoms in total. The van der Waals surface area contributed by atoms with E-state index in [0.717, 1.165) is 26.1 Å². The summed E-state index contributed by atoms with van der Waals surface area (Å²) in [6.07, 6.45) is 4.81. The van der Waals surface area contributed by atoms with Crippen molar-refractivity contribution in [3.8, 4) is 0 Å². The van der Waals surface area contributed by atoms with Crippen LogP contribution in [0.1, 0.15) is 12.0 Å². The van der Waals surface area contributed by atoms with Crippen LogP contribution < -0.4 is 5.73 Å². The van der Waals surface area contributed by atoms with Crippen LogP contribution in [0.5, 0.6) is 0 Å². The molecule has 2 rings (SSSR count). The van der Waals surface area contributed by atoms with Crippen LogP contribution in [0.15, 0.2) is 24.5 Å². The van der Waals surface area contributed by atoms with Crippen molar-refractivity contribution in [3.05, 3.63) is 30.1 Å². The quantitative estimate of drug-likeness (QED) is 0.798. The second-order valence-corrected chi connectivity index (χ2v) is 3.64. The summed E-state index contributed by atoms with van der Waals surface area (Å²) in [6.45, 7) is 3.17. The Morgan fingerprint density at radius 1 is 1.43 bits per heavy atom. The van der Waals surface area contributed by atoms with Crippen molar-refractivity contribution in [1.29, 1.82) is 0 Å². The molecule has 2 heterocycles. The Labute approximate surface area is 90.7 Å². The summed E-state index contributed by atoms with van der Waals surface area (Å²) < 4.78 is 0. The van der Waals surface area contributed by atoms with E-state index in [-0.39, 0.29) is 12.4 Å². The molecule has 1 fully saturated rings. The first kappa shape index (κ1) is 11.4. The topological polar surface area (TPSA) is 42.1 Å². The highest BCUT2D eigenvalue weighted by Gasteiger charge is 2.18. The number of hydrogen-bond acceptors (Lipinski definition) is 3. The summed E-state index contributed by atoms with van der Waals surface area (Å²) in [5, 5.41) is 0. The minimum absolute atomic E-state index is 0. The second-order valence-electron chi connectivity index (χ2n) is 3.64. The highest BCUT2D eigenvalue weighted by molar-refractivity contribution is 5.85. The van der Waals surface area contributed by atoms with Crippen molar-refractivity contribution in [2.24, 2.45) is 5.73 Å². The molecule has 1 aromatic heterocycles. The highest BCUT2D eigenvalue weighted by atomic mass is 35.5. The molecule has 0 aliphatic carbocycles. The Morgan fingerprint density at radius 3 is 2.71 bits per heavy atom. The normalized spacial score (nSPS) is 21.9. The molecule has 78 valence electrons. The summed E-state index contributed by atoms with van der Waals surface area (Å²) in [5.74, 6) is 0. The van der Waals surface area contributed by atoms with E-state index in [9.17, 15) is 0 Å². The first-order chi connectivity index (χ1) is 6.34. The van der Waals surface area contributed by atoms with Gasteiger partial charge in [0, 0.05) is 38.1 Å². The smallest absolute Gasteiger partial charge is 0.0271 e. The molecule has 0 aromatic carbocycles. The lowest BCUT2D eigenvalue weighted by atomic mass is 10.2. The number of pyridine rings is 1. The molecule has 2 N–H and O–H groups in total. The molecule has 1 atom stereocenters. The molecular formula is C10H16ClN3. The Bertz CT molecular complexity index is 265. The summed E-state index contributed by atoms with van der Waals surface area (Å²) >= 11 is 0. The van der Waals surface area contributed by atoms with Crippen molar-refractivity contribution in [3.63, 3.8) is 0 Å². The van der Waals surface area contributed by atoms with Crippen LogP contribution in [-0.4, -0.2) is 29.0 Å². The fourth-order valence-corrected chi connectivity index (χ4v) is 1.75. The van der Waals surface area contributed by atoms with Crippen molar-refractivity contribution in [1.82, 2.24) is 9.88 Å². The number of halogens is 1. The number of likely N-dealkylation sites (tertiary alicyclic amines) is 1. The van der Waals surface area contributed by atoms with Crippen molar-refractivity contribution in [2.45, 2.75) is 19.0 Å². The average Bonchev–Trinajstić information content (AvgIpc) is 2.53. The zero-order valence-corrected chi connectivity index (χ0v) is 8.91. The first-order valence-electron chi connectivity index (χ1n) is 4.71. The lowest BCUT2D eigenvalue weighted by Gasteiger charge is -2.14. The summed E-state index contributed by atoms with van der Waals surface area (Å²) in [5.41, 5.74) is 7.15. The maximum absolute atomic E-state index is 5.82. The monoisotopic (exact) mass is 213 g/mol. The Morgan fingerprint density at radius 2 is 2.14 bits per heavy atom. The van der Waals surface area contributed by atoms with Crippen LogP contribution in [0.3, 0.4) is 0 Å². The van der Waals surface area contributed by atoms with E-state index in [1.165, 1.54) is 5.56 Å². The van der Waals surface area contributed by atoms with Gasteiger partial charge in [0.15, 0.2) is 0 Å². The third-order valence-corrected chi connectivity index (χ3v) is 2.46. The molecule has 14 heavy (non-hydrogen) atoms. The molecule has 1 aliphatic rings. The van der Waals surface area contributed by atoms with Gasteiger partial charge >= 0.3 is 0 Å².